The number of rotatable bonds is 3. The minimum atomic E-state index is 0.156. The zero-order valence-corrected chi connectivity index (χ0v) is 12.5. The van der Waals surface area contributed by atoms with E-state index < -0.39 is 0 Å². The van der Waals surface area contributed by atoms with Crippen LogP contribution >= 0.6 is 11.8 Å². The summed E-state index contributed by atoms with van der Waals surface area (Å²) in [4.78, 5) is 15.3. The summed E-state index contributed by atoms with van der Waals surface area (Å²) < 4.78 is 0. The Bertz CT molecular complexity index is 461. The number of carbonyl (C=O) groups is 1. The summed E-state index contributed by atoms with van der Waals surface area (Å²) in [7, 11) is 0. The Morgan fingerprint density at radius 2 is 2.26 bits per heavy atom. The predicted molar refractivity (Wildman–Crippen MR) is 80.4 cm³/mol. The molecule has 104 valence electrons. The van der Waals surface area contributed by atoms with Gasteiger partial charge in [0.15, 0.2) is 0 Å². The summed E-state index contributed by atoms with van der Waals surface area (Å²) in [6.07, 6.45) is 2.06. The van der Waals surface area contributed by atoms with Crippen LogP contribution in [0, 0.1) is 13.8 Å². The monoisotopic (exact) mass is 278 g/mol. The molecule has 0 spiro atoms. The second-order valence-corrected chi connectivity index (χ2v) is 6.32. The van der Waals surface area contributed by atoms with Crippen LogP contribution in [0.1, 0.15) is 24.0 Å². The molecule has 0 saturated carbocycles. The maximum Gasteiger partial charge on any atom is 0.232 e. The van der Waals surface area contributed by atoms with E-state index >= 15 is 0 Å². The molecule has 0 radical (unpaired) electrons. The highest BCUT2D eigenvalue weighted by Crippen LogP contribution is 2.24. The van der Waals surface area contributed by atoms with Crippen LogP contribution in [0.25, 0.3) is 0 Å². The molecule has 1 aliphatic rings. The third-order valence-electron chi connectivity index (χ3n) is 3.51. The van der Waals surface area contributed by atoms with Crippen molar-refractivity contribution in [2.75, 3.05) is 18.8 Å². The highest BCUT2D eigenvalue weighted by Gasteiger charge is 2.21. The number of hydrogen-bond donors (Lipinski definition) is 1. The van der Waals surface area contributed by atoms with E-state index in [0.717, 1.165) is 19.4 Å². The molecule has 1 atom stereocenters. The molecule has 1 unspecified atom stereocenters. The molecule has 0 aromatic heterocycles. The van der Waals surface area contributed by atoms with Crippen molar-refractivity contribution in [2.45, 2.75) is 37.6 Å². The largest absolute Gasteiger partial charge is 0.340 e. The van der Waals surface area contributed by atoms with Gasteiger partial charge in [-0.25, -0.2) is 0 Å². The fraction of sp³-hybridized carbons (Fsp3) is 0.533. The first-order valence-corrected chi connectivity index (χ1v) is 7.78. The molecule has 1 aromatic rings. The topological polar surface area (TPSA) is 46.3 Å². The Balaban J connectivity index is 1.91. The second kappa shape index (κ2) is 6.44. The number of piperidine rings is 1. The predicted octanol–water partition coefficient (Wildman–Crippen LogP) is 2.35. The van der Waals surface area contributed by atoms with E-state index in [0.29, 0.717) is 12.3 Å². The quantitative estimate of drug-likeness (QED) is 0.863. The van der Waals surface area contributed by atoms with E-state index in [2.05, 4.69) is 32.0 Å². The van der Waals surface area contributed by atoms with Crippen LogP contribution in [0.15, 0.2) is 23.1 Å². The van der Waals surface area contributed by atoms with Gasteiger partial charge in [-0.1, -0.05) is 17.7 Å². The van der Waals surface area contributed by atoms with Gasteiger partial charge in [0, 0.05) is 24.0 Å². The molecule has 0 bridgehead atoms. The van der Waals surface area contributed by atoms with Crippen molar-refractivity contribution in [1.82, 2.24) is 4.90 Å². The zero-order chi connectivity index (χ0) is 13.8. The average molecular weight is 278 g/mol. The van der Waals surface area contributed by atoms with Gasteiger partial charge in [0.05, 0.1) is 5.75 Å². The van der Waals surface area contributed by atoms with Crippen LogP contribution in [0.2, 0.25) is 0 Å². The van der Waals surface area contributed by atoms with E-state index in [4.69, 9.17) is 5.73 Å². The summed E-state index contributed by atoms with van der Waals surface area (Å²) in [5, 5.41) is 0. The van der Waals surface area contributed by atoms with Gasteiger partial charge in [-0.2, -0.15) is 0 Å². The number of nitrogens with two attached hydrogens (primary N) is 1. The molecule has 1 heterocycles. The van der Waals surface area contributed by atoms with Gasteiger partial charge in [-0.15, -0.1) is 11.8 Å². The van der Waals surface area contributed by atoms with E-state index in [1.54, 1.807) is 11.8 Å². The number of carbonyl (C=O) groups excluding carboxylic acids is 1. The van der Waals surface area contributed by atoms with Crippen molar-refractivity contribution in [3.63, 3.8) is 0 Å². The van der Waals surface area contributed by atoms with Crippen molar-refractivity contribution >= 4 is 17.7 Å². The number of aryl methyl sites for hydroxylation is 2. The number of likely N-dealkylation sites (tertiary alicyclic amines) is 1. The number of amides is 1. The second-order valence-electron chi connectivity index (χ2n) is 5.30. The van der Waals surface area contributed by atoms with Crippen LogP contribution in [-0.2, 0) is 4.79 Å². The van der Waals surface area contributed by atoms with Gasteiger partial charge < -0.3 is 10.6 Å². The minimum absolute atomic E-state index is 0.156. The highest BCUT2D eigenvalue weighted by atomic mass is 32.2. The zero-order valence-electron chi connectivity index (χ0n) is 11.7. The Morgan fingerprint density at radius 3 is 3.00 bits per heavy atom. The maximum absolute atomic E-state index is 12.2. The number of hydrogen-bond acceptors (Lipinski definition) is 3. The van der Waals surface area contributed by atoms with Crippen LogP contribution in [0.4, 0.5) is 0 Å². The van der Waals surface area contributed by atoms with Crippen LogP contribution in [0.5, 0.6) is 0 Å². The van der Waals surface area contributed by atoms with Crippen molar-refractivity contribution in [3.8, 4) is 0 Å². The van der Waals surface area contributed by atoms with Crippen LogP contribution < -0.4 is 5.73 Å². The summed E-state index contributed by atoms with van der Waals surface area (Å²) in [5.41, 5.74) is 8.39. The smallest absolute Gasteiger partial charge is 0.232 e. The van der Waals surface area contributed by atoms with Crippen molar-refractivity contribution in [2.24, 2.45) is 5.73 Å². The standard InChI is InChI=1S/C15H22N2OS/c1-11-5-6-12(2)14(8-11)19-10-15(18)17-7-3-4-13(16)9-17/h5-6,8,13H,3-4,7,9-10,16H2,1-2H3. The summed E-state index contributed by atoms with van der Waals surface area (Å²) in [6, 6.07) is 6.52. The molecular weight excluding hydrogens is 256 g/mol. The lowest BCUT2D eigenvalue weighted by molar-refractivity contribution is -0.129. The Labute approximate surface area is 119 Å². The minimum Gasteiger partial charge on any atom is -0.340 e. The molecule has 19 heavy (non-hydrogen) atoms. The summed E-state index contributed by atoms with van der Waals surface area (Å²) >= 11 is 1.63. The molecule has 1 aromatic carbocycles. The van der Waals surface area contributed by atoms with Crippen molar-refractivity contribution < 1.29 is 4.79 Å². The van der Waals surface area contributed by atoms with E-state index in [9.17, 15) is 4.79 Å². The third kappa shape index (κ3) is 3.98. The Hall–Kier alpha value is -1.00. The van der Waals surface area contributed by atoms with Gasteiger partial charge in [0.25, 0.3) is 0 Å². The lowest BCUT2D eigenvalue weighted by atomic mass is 10.1. The lowest BCUT2D eigenvalue weighted by Gasteiger charge is -2.30. The first kappa shape index (κ1) is 14.4. The van der Waals surface area contributed by atoms with Gasteiger partial charge in [-0.05, 0) is 38.3 Å². The maximum atomic E-state index is 12.2. The average Bonchev–Trinajstić information content (AvgIpc) is 2.39. The number of benzene rings is 1. The number of nitrogens with zero attached hydrogens (tertiary/aromatic N) is 1. The highest BCUT2D eigenvalue weighted by molar-refractivity contribution is 8.00. The molecule has 1 aliphatic heterocycles. The first-order valence-electron chi connectivity index (χ1n) is 6.79. The molecular formula is C15H22N2OS. The van der Waals surface area contributed by atoms with Crippen LogP contribution in [0.3, 0.4) is 0 Å². The molecule has 1 fully saturated rings. The van der Waals surface area contributed by atoms with Gasteiger partial charge in [0.1, 0.15) is 0 Å². The molecule has 4 heteroatoms. The molecule has 0 aliphatic carbocycles. The Kier molecular flexibility index (Phi) is 4.88. The third-order valence-corrected chi connectivity index (χ3v) is 4.65. The summed E-state index contributed by atoms with van der Waals surface area (Å²) in [5.74, 6) is 0.720. The molecule has 2 N–H and O–H groups in total. The molecule has 2 rings (SSSR count). The lowest BCUT2D eigenvalue weighted by Crippen LogP contribution is -2.46. The number of thioether (sulfide) groups is 1. The Morgan fingerprint density at radius 1 is 1.47 bits per heavy atom. The molecule has 3 nitrogen and oxygen atoms in total. The van der Waals surface area contributed by atoms with Gasteiger partial charge >= 0.3 is 0 Å². The van der Waals surface area contributed by atoms with E-state index in [-0.39, 0.29) is 11.9 Å². The van der Waals surface area contributed by atoms with Crippen LogP contribution in [-0.4, -0.2) is 35.7 Å². The van der Waals surface area contributed by atoms with E-state index in [1.807, 2.05) is 4.90 Å². The first-order chi connectivity index (χ1) is 9.06. The fourth-order valence-electron chi connectivity index (χ4n) is 2.33. The van der Waals surface area contributed by atoms with E-state index in [1.165, 1.54) is 16.0 Å². The molecule has 1 saturated heterocycles. The van der Waals surface area contributed by atoms with Gasteiger partial charge in [0.2, 0.25) is 5.91 Å². The van der Waals surface area contributed by atoms with Crippen molar-refractivity contribution in [3.05, 3.63) is 29.3 Å². The van der Waals surface area contributed by atoms with Crippen molar-refractivity contribution in [1.29, 1.82) is 0 Å². The fourth-order valence-corrected chi connectivity index (χ4v) is 3.36. The summed E-state index contributed by atoms with van der Waals surface area (Å²) in [6.45, 7) is 5.74. The normalized spacial score (nSPS) is 19.5. The molecule has 1 amide bonds. The SMILES string of the molecule is Cc1ccc(C)c(SCC(=O)N2CCCC(N)C2)c1. The van der Waals surface area contributed by atoms with Gasteiger partial charge in [-0.3, -0.25) is 4.79 Å².